The Balaban J connectivity index is 1.81. The average molecular weight is 265 g/mol. The Morgan fingerprint density at radius 1 is 1.50 bits per heavy atom. The number of hydrogen-bond donors (Lipinski definition) is 3. The summed E-state index contributed by atoms with van der Waals surface area (Å²) in [4.78, 5) is 22.7. The molecule has 5 nitrogen and oxygen atoms in total. The van der Waals surface area contributed by atoms with Crippen LogP contribution in [0.15, 0.2) is 30.3 Å². The molecule has 2 atom stereocenters. The topological polar surface area (TPSA) is 84.2 Å². The molecule has 1 aliphatic heterocycles. The third-order valence-electron chi connectivity index (χ3n) is 2.71. The first-order valence-electron chi connectivity index (χ1n) is 5.68. The van der Waals surface area contributed by atoms with Crippen LogP contribution in [0.25, 0.3) is 0 Å². The maximum atomic E-state index is 11.7. The summed E-state index contributed by atoms with van der Waals surface area (Å²) in [6, 6.07) is 8.90. The quantitative estimate of drug-likeness (QED) is 0.745. The first-order chi connectivity index (χ1) is 8.66. The van der Waals surface area contributed by atoms with Gasteiger partial charge in [0.1, 0.15) is 6.04 Å². The van der Waals surface area contributed by atoms with Crippen molar-refractivity contribution in [1.29, 1.82) is 0 Å². The highest BCUT2D eigenvalue weighted by Gasteiger charge is 2.27. The van der Waals surface area contributed by atoms with Gasteiger partial charge in [0.25, 0.3) is 5.24 Å². The molecule has 0 radical (unpaired) electrons. The van der Waals surface area contributed by atoms with Gasteiger partial charge in [-0.05, 0) is 5.56 Å². The minimum atomic E-state index is -0.439. The molecule has 18 heavy (non-hydrogen) atoms. The largest absolute Gasteiger partial charge is 0.352 e. The fraction of sp³-hybridized carbons (Fsp3) is 0.333. The Kier molecular flexibility index (Phi) is 4.22. The third-order valence-corrected chi connectivity index (χ3v) is 3.59. The zero-order valence-electron chi connectivity index (χ0n) is 9.76. The van der Waals surface area contributed by atoms with Crippen LogP contribution in [-0.4, -0.2) is 29.5 Å². The van der Waals surface area contributed by atoms with E-state index in [1.807, 2.05) is 30.3 Å². The second-order valence-corrected chi connectivity index (χ2v) is 5.05. The lowest BCUT2D eigenvalue weighted by Crippen LogP contribution is -2.44. The van der Waals surface area contributed by atoms with Crippen molar-refractivity contribution in [3.8, 4) is 0 Å². The Labute approximate surface area is 110 Å². The number of benzene rings is 1. The van der Waals surface area contributed by atoms with Gasteiger partial charge in [-0.25, -0.2) is 0 Å². The van der Waals surface area contributed by atoms with Gasteiger partial charge >= 0.3 is 0 Å². The fourth-order valence-corrected chi connectivity index (χ4v) is 2.46. The summed E-state index contributed by atoms with van der Waals surface area (Å²) >= 11 is 1.12. The van der Waals surface area contributed by atoms with E-state index in [0.717, 1.165) is 17.3 Å². The Hall–Kier alpha value is -1.53. The maximum Gasteiger partial charge on any atom is 0.279 e. The van der Waals surface area contributed by atoms with Crippen LogP contribution in [0.5, 0.6) is 0 Å². The summed E-state index contributed by atoms with van der Waals surface area (Å²) in [6.07, 6.45) is 0. The van der Waals surface area contributed by atoms with Crippen molar-refractivity contribution in [2.24, 2.45) is 5.73 Å². The summed E-state index contributed by atoms with van der Waals surface area (Å²) in [5.41, 5.74) is 6.94. The molecular formula is C12H15N3O2S. The molecule has 0 saturated carbocycles. The SMILES string of the molecule is NC(CNC(=O)[C@@H]1CSC(=O)N1)c1ccccc1. The van der Waals surface area contributed by atoms with Crippen LogP contribution in [0.2, 0.25) is 0 Å². The standard InChI is InChI=1S/C12H15N3O2S/c13-9(8-4-2-1-3-5-8)6-14-11(16)10-7-18-12(17)15-10/h1-5,9-10H,6-7,13H2,(H,14,16)(H,15,17)/t9?,10-/m0/s1. The van der Waals surface area contributed by atoms with Crippen molar-refractivity contribution in [2.45, 2.75) is 12.1 Å². The highest BCUT2D eigenvalue weighted by Crippen LogP contribution is 2.13. The minimum absolute atomic E-state index is 0.150. The second-order valence-electron chi connectivity index (χ2n) is 4.06. The Morgan fingerprint density at radius 3 is 2.83 bits per heavy atom. The minimum Gasteiger partial charge on any atom is -0.352 e. The molecule has 4 N–H and O–H groups in total. The third kappa shape index (κ3) is 3.24. The monoisotopic (exact) mass is 265 g/mol. The Bertz CT molecular complexity index is 438. The van der Waals surface area contributed by atoms with Crippen molar-refractivity contribution in [1.82, 2.24) is 10.6 Å². The van der Waals surface area contributed by atoms with E-state index in [4.69, 9.17) is 5.73 Å². The summed E-state index contributed by atoms with van der Waals surface area (Å²) in [5, 5.41) is 5.19. The molecule has 0 bridgehead atoms. The number of carbonyl (C=O) groups excluding carboxylic acids is 2. The van der Waals surface area contributed by atoms with Crippen LogP contribution in [0, 0.1) is 0 Å². The first kappa shape index (κ1) is 12.9. The van der Waals surface area contributed by atoms with E-state index in [1.54, 1.807) is 0 Å². The highest BCUT2D eigenvalue weighted by molar-refractivity contribution is 8.14. The maximum absolute atomic E-state index is 11.7. The van der Waals surface area contributed by atoms with Gasteiger partial charge in [-0.2, -0.15) is 0 Å². The fourth-order valence-electron chi connectivity index (χ4n) is 1.68. The van der Waals surface area contributed by atoms with Crippen LogP contribution in [-0.2, 0) is 4.79 Å². The summed E-state index contributed by atoms with van der Waals surface area (Å²) < 4.78 is 0. The van der Waals surface area contributed by atoms with Crippen molar-refractivity contribution in [3.63, 3.8) is 0 Å². The van der Waals surface area contributed by atoms with Crippen molar-refractivity contribution < 1.29 is 9.59 Å². The van der Waals surface area contributed by atoms with E-state index in [2.05, 4.69) is 10.6 Å². The molecule has 96 valence electrons. The molecule has 1 aromatic carbocycles. The Morgan fingerprint density at radius 2 is 2.22 bits per heavy atom. The second kappa shape index (κ2) is 5.88. The zero-order valence-corrected chi connectivity index (χ0v) is 10.6. The van der Waals surface area contributed by atoms with Crippen molar-refractivity contribution >= 4 is 22.9 Å². The van der Waals surface area contributed by atoms with E-state index < -0.39 is 6.04 Å². The smallest absolute Gasteiger partial charge is 0.279 e. The van der Waals surface area contributed by atoms with Gasteiger partial charge in [-0.1, -0.05) is 42.1 Å². The first-order valence-corrected chi connectivity index (χ1v) is 6.67. The number of nitrogens with one attached hydrogen (secondary N) is 2. The molecule has 0 aliphatic carbocycles. The predicted octanol–water partition coefficient (Wildman–Crippen LogP) is 0.628. The highest BCUT2D eigenvalue weighted by atomic mass is 32.2. The van der Waals surface area contributed by atoms with Gasteiger partial charge in [-0.3, -0.25) is 9.59 Å². The molecule has 1 aliphatic rings. The number of rotatable bonds is 4. The van der Waals surface area contributed by atoms with Gasteiger partial charge in [0, 0.05) is 18.3 Å². The molecule has 1 fully saturated rings. The summed E-state index contributed by atoms with van der Waals surface area (Å²) in [6.45, 7) is 0.361. The van der Waals surface area contributed by atoms with E-state index >= 15 is 0 Å². The zero-order chi connectivity index (χ0) is 13.0. The van der Waals surface area contributed by atoms with Crippen LogP contribution in [0.1, 0.15) is 11.6 Å². The normalized spacial score (nSPS) is 20.3. The molecule has 2 rings (SSSR count). The number of thioether (sulfide) groups is 1. The number of nitrogens with two attached hydrogens (primary N) is 1. The van der Waals surface area contributed by atoms with Gasteiger partial charge in [0.05, 0.1) is 0 Å². The van der Waals surface area contributed by atoms with Crippen LogP contribution in [0.3, 0.4) is 0 Å². The average Bonchev–Trinajstić information content (AvgIpc) is 2.83. The number of hydrogen-bond acceptors (Lipinski definition) is 4. The van der Waals surface area contributed by atoms with E-state index in [0.29, 0.717) is 12.3 Å². The molecule has 1 saturated heterocycles. The number of amides is 2. The molecule has 1 heterocycles. The van der Waals surface area contributed by atoms with Gasteiger partial charge in [0.2, 0.25) is 5.91 Å². The lowest BCUT2D eigenvalue weighted by molar-refractivity contribution is -0.122. The summed E-state index contributed by atoms with van der Waals surface area (Å²) in [7, 11) is 0. The van der Waals surface area contributed by atoms with E-state index in [-0.39, 0.29) is 17.2 Å². The number of carbonyl (C=O) groups is 2. The van der Waals surface area contributed by atoms with Gasteiger partial charge in [0.15, 0.2) is 0 Å². The van der Waals surface area contributed by atoms with Crippen molar-refractivity contribution in [2.75, 3.05) is 12.3 Å². The molecule has 0 spiro atoms. The van der Waals surface area contributed by atoms with Crippen LogP contribution >= 0.6 is 11.8 Å². The molecule has 1 unspecified atom stereocenters. The van der Waals surface area contributed by atoms with Crippen molar-refractivity contribution in [3.05, 3.63) is 35.9 Å². The summed E-state index contributed by atoms with van der Waals surface area (Å²) in [5.74, 6) is 0.297. The molecule has 6 heteroatoms. The van der Waals surface area contributed by atoms with E-state index in [9.17, 15) is 9.59 Å². The molecule has 2 amide bonds. The van der Waals surface area contributed by atoms with E-state index in [1.165, 1.54) is 0 Å². The lowest BCUT2D eigenvalue weighted by Gasteiger charge is -2.15. The molecular weight excluding hydrogens is 250 g/mol. The molecule has 0 aromatic heterocycles. The van der Waals surface area contributed by atoms with Gasteiger partial charge in [-0.15, -0.1) is 0 Å². The lowest BCUT2D eigenvalue weighted by atomic mass is 10.1. The van der Waals surface area contributed by atoms with Crippen LogP contribution in [0.4, 0.5) is 4.79 Å². The molecule has 1 aromatic rings. The predicted molar refractivity (Wildman–Crippen MR) is 71.2 cm³/mol. The van der Waals surface area contributed by atoms with Gasteiger partial charge < -0.3 is 16.4 Å². The van der Waals surface area contributed by atoms with Crippen LogP contribution < -0.4 is 16.4 Å².